The van der Waals surface area contributed by atoms with Crippen LogP contribution in [0.4, 0.5) is 0 Å². The number of para-hydroxylation sites is 2. The van der Waals surface area contributed by atoms with Crippen molar-refractivity contribution in [1.29, 1.82) is 0 Å². The Balaban J connectivity index is 1.52. The van der Waals surface area contributed by atoms with Gasteiger partial charge in [-0.3, -0.25) is 4.79 Å². The molecule has 2 heterocycles. The van der Waals surface area contributed by atoms with Crippen LogP contribution in [0.1, 0.15) is 32.1 Å². The summed E-state index contributed by atoms with van der Waals surface area (Å²) in [7, 11) is 0. The van der Waals surface area contributed by atoms with Gasteiger partial charge >= 0.3 is 0 Å². The quantitative estimate of drug-likeness (QED) is 0.857. The number of hydrogen-bond acceptors (Lipinski definition) is 4. The van der Waals surface area contributed by atoms with E-state index in [9.17, 15) is 4.79 Å². The van der Waals surface area contributed by atoms with Crippen molar-refractivity contribution >= 4 is 5.91 Å². The molecular weight excluding hydrogens is 280 g/mol. The first-order chi connectivity index (χ1) is 10.7. The van der Waals surface area contributed by atoms with E-state index < -0.39 is 6.10 Å². The Kier molecular flexibility index (Phi) is 3.26. The van der Waals surface area contributed by atoms with Gasteiger partial charge in [0.05, 0.1) is 0 Å². The zero-order valence-corrected chi connectivity index (χ0v) is 12.7. The molecule has 2 fully saturated rings. The SMILES string of the molecule is NC1CC2(CCCCN2C(=O)C2COc3ccccc3O2)C1. The van der Waals surface area contributed by atoms with E-state index in [1.54, 1.807) is 0 Å². The van der Waals surface area contributed by atoms with Gasteiger partial charge in [0.2, 0.25) is 6.10 Å². The van der Waals surface area contributed by atoms with Crippen LogP contribution < -0.4 is 15.2 Å². The van der Waals surface area contributed by atoms with Gasteiger partial charge in [-0.05, 0) is 44.2 Å². The molecule has 2 aliphatic heterocycles. The fraction of sp³-hybridized carbons (Fsp3) is 0.588. The Morgan fingerprint density at radius 3 is 2.77 bits per heavy atom. The summed E-state index contributed by atoms with van der Waals surface area (Å²) in [6.45, 7) is 1.10. The van der Waals surface area contributed by atoms with Crippen molar-refractivity contribution in [2.45, 2.75) is 49.8 Å². The Labute approximate surface area is 130 Å². The zero-order chi connectivity index (χ0) is 15.2. The average Bonchev–Trinajstić information content (AvgIpc) is 2.53. The summed E-state index contributed by atoms with van der Waals surface area (Å²) < 4.78 is 11.6. The molecule has 5 nitrogen and oxygen atoms in total. The highest BCUT2D eigenvalue weighted by Gasteiger charge is 2.51. The van der Waals surface area contributed by atoms with Crippen molar-refractivity contribution < 1.29 is 14.3 Å². The minimum atomic E-state index is -0.540. The van der Waals surface area contributed by atoms with Crippen LogP contribution in [0.25, 0.3) is 0 Å². The first-order valence-corrected chi connectivity index (χ1v) is 8.13. The van der Waals surface area contributed by atoms with Crippen molar-refractivity contribution in [2.24, 2.45) is 5.73 Å². The van der Waals surface area contributed by atoms with Gasteiger partial charge in [0.1, 0.15) is 6.61 Å². The van der Waals surface area contributed by atoms with Gasteiger partial charge in [-0.1, -0.05) is 12.1 Å². The van der Waals surface area contributed by atoms with Crippen LogP contribution in [0.5, 0.6) is 11.5 Å². The minimum absolute atomic E-state index is 0.0188. The summed E-state index contributed by atoms with van der Waals surface area (Å²) in [5, 5.41) is 0. The molecule has 4 rings (SSSR count). The third kappa shape index (κ3) is 2.15. The Hall–Kier alpha value is -1.75. The highest BCUT2D eigenvalue weighted by atomic mass is 16.6. The third-order valence-corrected chi connectivity index (χ3v) is 5.18. The van der Waals surface area contributed by atoms with Gasteiger partial charge in [0.25, 0.3) is 5.91 Å². The number of carbonyl (C=O) groups excluding carboxylic acids is 1. The fourth-order valence-electron chi connectivity index (χ4n) is 4.10. The number of likely N-dealkylation sites (tertiary alicyclic amines) is 1. The van der Waals surface area contributed by atoms with Crippen molar-refractivity contribution in [3.63, 3.8) is 0 Å². The molecule has 3 aliphatic rings. The molecule has 0 radical (unpaired) electrons. The molecule has 1 aliphatic carbocycles. The maximum absolute atomic E-state index is 13.0. The molecule has 1 aromatic rings. The summed E-state index contributed by atoms with van der Waals surface area (Å²) in [5.74, 6) is 1.43. The van der Waals surface area contributed by atoms with Gasteiger partial charge in [-0.25, -0.2) is 0 Å². The summed E-state index contributed by atoms with van der Waals surface area (Å²) in [4.78, 5) is 15.0. The van der Waals surface area contributed by atoms with Crippen LogP contribution in [0.15, 0.2) is 24.3 Å². The van der Waals surface area contributed by atoms with Crippen LogP contribution in [0, 0.1) is 0 Å². The normalized spacial score (nSPS) is 33.4. The van der Waals surface area contributed by atoms with E-state index in [1.165, 1.54) is 6.42 Å². The van der Waals surface area contributed by atoms with Gasteiger partial charge < -0.3 is 20.1 Å². The van der Waals surface area contributed by atoms with E-state index in [1.807, 2.05) is 29.2 Å². The van der Waals surface area contributed by atoms with Crippen LogP contribution in [0.3, 0.4) is 0 Å². The summed E-state index contributed by atoms with van der Waals surface area (Å²) >= 11 is 0. The maximum atomic E-state index is 13.0. The van der Waals surface area contributed by atoms with Crippen molar-refractivity contribution in [3.05, 3.63) is 24.3 Å². The number of piperidine rings is 1. The van der Waals surface area contributed by atoms with E-state index in [2.05, 4.69) is 0 Å². The van der Waals surface area contributed by atoms with Crippen LogP contribution in [0.2, 0.25) is 0 Å². The van der Waals surface area contributed by atoms with Gasteiger partial charge in [0.15, 0.2) is 11.5 Å². The highest BCUT2D eigenvalue weighted by Crippen LogP contribution is 2.44. The number of benzene rings is 1. The average molecular weight is 302 g/mol. The van der Waals surface area contributed by atoms with E-state index in [4.69, 9.17) is 15.2 Å². The van der Waals surface area contributed by atoms with Crippen LogP contribution >= 0.6 is 0 Å². The van der Waals surface area contributed by atoms with Gasteiger partial charge in [-0.15, -0.1) is 0 Å². The molecule has 0 aromatic heterocycles. The van der Waals surface area contributed by atoms with E-state index in [0.29, 0.717) is 11.5 Å². The monoisotopic (exact) mass is 302 g/mol. The lowest BCUT2D eigenvalue weighted by Gasteiger charge is -2.56. The summed E-state index contributed by atoms with van der Waals surface area (Å²) in [6, 6.07) is 7.74. The molecule has 5 heteroatoms. The second-order valence-electron chi connectivity index (χ2n) is 6.70. The predicted molar refractivity (Wildman–Crippen MR) is 81.9 cm³/mol. The second-order valence-corrected chi connectivity index (χ2v) is 6.70. The molecule has 1 saturated heterocycles. The number of nitrogens with two attached hydrogens (primary N) is 1. The van der Waals surface area contributed by atoms with Crippen LogP contribution in [-0.4, -0.2) is 41.6 Å². The number of nitrogens with zero attached hydrogens (tertiary/aromatic N) is 1. The summed E-state index contributed by atoms with van der Waals surface area (Å²) in [5.41, 5.74) is 5.98. The maximum Gasteiger partial charge on any atom is 0.267 e. The predicted octanol–water partition coefficient (Wildman–Crippen LogP) is 1.70. The lowest BCUT2D eigenvalue weighted by molar-refractivity contribution is -0.156. The number of carbonyl (C=O) groups is 1. The largest absolute Gasteiger partial charge is 0.485 e. The van der Waals surface area contributed by atoms with Gasteiger partial charge in [0, 0.05) is 18.1 Å². The Bertz CT molecular complexity index is 578. The number of fused-ring (bicyclic) bond motifs is 1. The lowest BCUT2D eigenvalue weighted by atomic mass is 9.67. The molecule has 1 saturated carbocycles. The standard InChI is InChI=1S/C17H22N2O3/c18-12-9-17(10-12)7-3-4-8-19(17)16(20)15-11-21-13-5-1-2-6-14(13)22-15/h1-2,5-6,12,15H,3-4,7-11,18H2. The molecule has 22 heavy (non-hydrogen) atoms. The smallest absolute Gasteiger partial charge is 0.267 e. The molecule has 118 valence electrons. The first kappa shape index (κ1) is 13.9. The molecule has 1 spiro atoms. The van der Waals surface area contributed by atoms with Gasteiger partial charge in [-0.2, -0.15) is 0 Å². The number of ether oxygens (including phenoxy) is 2. The van der Waals surface area contributed by atoms with Crippen molar-refractivity contribution in [2.75, 3.05) is 13.2 Å². The first-order valence-electron chi connectivity index (χ1n) is 8.13. The topological polar surface area (TPSA) is 64.8 Å². The molecule has 1 unspecified atom stereocenters. The molecule has 1 amide bonds. The molecule has 2 N–H and O–H groups in total. The van der Waals surface area contributed by atoms with E-state index in [0.717, 1.165) is 32.2 Å². The molecule has 1 atom stereocenters. The number of amides is 1. The number of hydrogen-bond donors (Lipinski definition) is 1. The van der Waals surface area contributed by atoms with E-state index >= 15 is 0 Å². The van der Waals surface area contributed by atoms with Crippen molar-refractivity contribution in [3.8, 4) is 11.5 Å². The van der Waals surface area contributed by atoms with E-state index in [-0.39, 0.29) is 24.1 Å². The summed E-state index contributed by atoms with van der Waals surface area (Å²) in [6.07, 6.45) is 4.61. The second kappa shape index (κ2) is 5.16. The molecule has 0 bridgehead atoms. The number of rotatable bonds is 1. The zero-order valence-electron chi connectivity index (χ0n) is 12.7. The lowest BCUT2D eigenvalue weighted by Crippen LogP contribution is -2.67. The molecule has 1 aromatic carbocycles. The minimum Gasteiger partial charge on any atom is -0.485 e. The fourth-order valence-corrected chi connectivity index (χ4v) is 4.10. The van der Waals surface area contributed by atoms with Crippen molar-refractivity contribution in [1.82, 2.24) is 4.90 Å². The Morgan fingerprint density at radius 2 is 2.00 bits per heavy atom. The van der Waals surface area contributed by atoms with Crippen LogP contribution in [-0.2, 0) is 4.79 Å². The molecular formula is C17H22N2O3. The third-order valence-electron chi connectivity index (χ3n) is 5.18. The Morgan fingerprint density at radius 1 is 1.23 bits per heavy atom. The highest BCUT2D eigenvalue weighted by molar-refractivity contribution is 5.83.